The average Bonchev–Trinajstić information content (AvgIpc) is 2.83. The molecule has 3 rings (SSSR count). The third-order valence-electron chi connectivity index (χ3n) is 3.02. The van der Waals surface area contributed by atoms with Crippen molar-refractivity contribution in [2.75, 3.05) is 11.4 Å². The van der Waals surface area contributed by atoms with Gasteiger partial charge in [-0.15, -0.1) is 11.3 Å². The van der Waals surface area contributed by atoms with Crippen molar-refractivity contribution in [1.82, 2.24) is 0 Å². The van der Waals surface area contributed by atoms with Crippen LogP contribution in [0.15, 0.2) is 39.0 Å². The van der Waals surface area contributed by atoms with Crippen LogP contribution in [0.1, 0.15) is 15.2 Å². The lowest BCUT2D eigenvalue weighted by atomic mass is 10.1. The van der Waals surface area contributed by atoms with Gasteiger partial charge in [0.2, 0.25) is 5.78 Å². The smallest absolute Gasteiger partial charge is 0.264 e. The van der Waals surface area contributed by atoms with Crippen LogP contribution in [0, 0.1) is 0 Å². The molecule has 0 N–H and O–H groups in total. The number of hydrogen-bond donors (Lipinski definition) is 0. The Morgan fingerprint density at radius 3 is 2.74 bits per heavy atom. The van der Waals surface area contributed by atoms with E-state index in [1.54, 1.807) is 23.6 Å². The zero-order valence-electron chi connectivity index (χ0n) is 9.75. The molecule has 0 saturated heterocycles. The number of thiophene rings is 1. The Labute approximate surface area is 122 Å². The molecular weight excluding hydrogens is 350 g/mol. The van der Waals surface area contributed by atoms with Crippen LogP contribution in [-0.4, -0.2) is 21.2 Å². The monoisotopic (exact) mass is 357 g/mol. The van der Waals surface area contributed by atoms with E-state index in [9.17, 15) is 13.2 Å². The lowest BCUT2D eigenvalue weighted by molar-refractivity contribution is 0.104. The molecular formula is C12H8BrNO3S2. The van der Waals surface area contributed by atoms with Gasteiger partial charge in [0.05, 0.1) is 15.5 Å². The molecule has 2 aromatic rings. The van der Waals surface area contributed by atoms with Crippen LogP contribution in [0.4, 0.5) is 5.69 Å². The summed E-state index contributed by atoms with van der Waals surface area (Å²) in [5.74, 6) is -0.250. The van der Waals surface area contributed by atoms with Crippen LogP contribution < -0.4 is 4.31 Å². The van der Waals surface area contributed by atoms with Crippen molar-refractivity contribution in [2.24, 2.45) is 0 Å². The fourth-order valence-corrected chi connectivity index (χ4v) is 4.88. The number of halogens is 1. The van der Waals surface area contributed by atoms with Crippen molar-refractivity contribution < 1.29 is 13.2 Å². The highest BCUT2D eigenvalue weighted by atomic mass is 79.9. The number of sulfonamides is 1. The lowest BCUT2D eigenvalue weighted by Gasteiger charge is -2.17. The third-order valence-corrected chi connectivity index (χ3v) is 6.22. The van der Waals surface area contributed by atoms with Crippen molar-refractivity contribution in [3.63, 3.8) is 0 Å². The second-order valence-electron chi connectivity index (χ2n) is 4.08. The first-order chi connectivity index (χ1) is 8.93. The molecule has 1 aliphatic heterocycles. The van der Waals surface area contributed by atoms with Crippen molar-refractivity contribution in [3.8, 4) is 0 Å². The molecule has 0 bridgehead atoms. The molecule has 0 amide bonds. The maximum Gasteiger partial charge on any atom is 0.264 e. The highest BCUT2D eigenvalue weighted by molar-refractivity contribution is 9.10. The summed E-state index contributed by atoms with van der Waals surface area (Å²) in [7, 11) is -2.24. The van der Waals surface area contributed by atoms with Crippen LogP contribution in [0.25, 0.3) is 0 Å². The van der Waals surface area contributed by atoms with Gasteiger partial charge in [-0.1, -0.05) is 15.9 Å². The number of anilines is 1. The highest BCUT2D eigenvalue weighted by Gasteiger charge is 2.34. The standard InChI is InChI=1S/C12H8BrNO3S2/c1-14-9-4-5-18-12(9)11(15)8-3-2-7(13)6-10(8)19(14,16)17/h2-6H,1H3. The molecule has 0 spiro atoms. The van der Waals surface area contributed by atoms with Gasteiger partial charge < -0.3 is 0 Å². The summed E-state index contributed by atoms with van der Waals surface area (Å²) in [6.07, 6.45) is 0. The van der Waals surface area contributed by atoms with Gasteiger partial charge in [-0.2, -0.15) is 0 Å². The van der Waals surface area contributed by atoms with Crippen LogP contribution in [0.3, 0.4) is 0 Å². The zero-order valence-corrected chi connectivity index (χ0v) is 13.0. The second-order valence-corrected chi connectivity index (χ2v) is 7.85. The van der Waals surface area contributed by atoms with Crippen LogP contribution in [0.2, 0.25) is 0 Å². The van der Waals surface area contributed by atoms with E-state index in [4.69, 9.17) is 0 Å². The average molecular weight is 358 g/mol. The van der Waals surface area contributed by atoms with Crippen LogP contribution >= 0.6 is 27.3 Å². The Hall–Kier alpha value is -1.18. The highest BCUT2D eigenvalue weighted by Crippen LogP contribution is 2.37. The first kappa shape index (κ1) is 12.8. The number of benzene rings is 1. The van der Waals surface area contributed by atoms with Gasteiger partial charge in [-0.05, 0) is 29.6 Å². The maximum atomic E-state index is 12.5. The molecule has 1 aromatic heterocycles. The van der Waals surface area contributed by atoms with Gasteiger partial charge in [0, 0.05) is 17.1 Å². The number of fused-ring (bicyclic) bond motifs is 2. The quantitative estimate of drug-likeness (QED) is 0.728. The largest absolute Gasteiger partial charge is 0.288 e. The molecule has 0 radical (unpaired) electrons. The molecule has 19 heavy (non-hydrogen) atoms. The molecule has 7 heteroatoms. The number of ketones is 1. The maximum absolute atomic E-state index is 12.5. The van der Waals surface area contributed by atoms with E-state index in [0.29, 0.717) is 15.0 Å². The first-order valence-corrected chi connectivity index (χ1v) is 8.45. The number of carbonyl (C=O) groups excluding carboxylic acids is 1. The normalized spacial score (nSPS) is 16.7. The fraction of sp³-hybridized carbons (Fsp3) is 0.0833. The predicted octanol–water partition coefficient (Wildman–Crippen LogP) is 2.88. The number of rotatable bonds is 0. The molecule has 0 fully saturated rings. The molecule has 0 saturated carbocycles. The molecule has 4 nitrogen and oxygen atoms in total. The molecule has 0 aliphatic carbocycles. The van der Waals surface area contributed by atoms with E-state index in [0.717, 1.165) is 4.31 Å². The SMILES string of the molecule is CN1c2ccsc2C(=O)c2ccc(Br)cc2S1(=O)=O. The summed E-state index contributed by atoms with van der Waals surface area (Å²) in [6.45, 7) is 0. The van der Waals surface area contributed by atoms with E-state index >= 15 is 0 Å². The number of hydrogen-bond acceptors (Lipinski definition) is 4. The van der Waals surface area contributed by atoms with Gasteiger partial charge in [0.1, 0.15) is 0 Å². The summed E-state index contributed by atoms with van der Waals surface area (Å²) in [5, 5.41) is 1.72. The predicted molar refractivity (Wildman–Crippen MR) is 77.5 cm³/mol. The van der Waals surface area contributed by atoms with Crippen LogP contribution in [0.5, 0.6) is 0 Å². The van der Waals surface area contributed by atoms with Gasteiger partial charge in [0.15, 0.2) is 0 Å². The molecule has 0 atom stereocenters. The van der Waals surface area contributed by atoms with Crippen molar-refractivity contribution in [3.05, 3.63) is 44.6 Å². The molecule has 1 aliphatic rings. The molecule has 98 valence electrons. The topological polar surface area (TPSA) is 54.5 Å². The van der Waals surface area contributed by atoms with E-state index < -0.39 is 10.0 Å². The summed E-state index contributed by atoms with van der Waals surface area (Å²) >= 11 is 4.49. The summed E-state index contributed by atoms with van der Waals surface area (Å²) in [6, 6.07) is 6.33. The number of carbonyl (C=O) groups is 1. The minimum atomic E-state index is -3.71. The van der Waals surface area contributed by atoms with E-state index in [1.807, 2.05) is 0 Å². The minimum absolute atomic E-state index is 0.0396. The second kappa shape index (κ2) is 4.16. The Kier molecular flexibility index (Phi) is 2.81. The van der Waals surface area contributed by atoms with Gasteiger partial charge in [-0.25, -0.2) is 8.42 Å². The summed E-state index contributed by atoms with van der Waals surface area (Å²) in [4.78, 5) is 12.9. The van der Waals surface area contributed by atoms with Gasteiger partial charge in [0.25, 0.3) is 10.0 Å². The van der Waals surface area contributed by atoms with Gasteiger partial charge >= 0.3 is 0 Å². The van der Waals surface area contributed by atoms with Crippen molar-refractivity contribution >= 4 is 48.8 Å². The third kappa shape index (κ3) is 1.76. The Morgan fingerprint density at radius 1 is 1.26 bits per heavy atom. The van der Waals surface area contributed by atoms with Crippen molar-refractivity contribution in [1.29, 1.82) is 0 Å². The van der Waals surface area contributed by atoms with E-state index in [2.05, 4.69) is 15.9 Å². The van der Waals surface area contributed by atoms with E-state index in [1.165, 1.54) is 24.5 Å². The molecule has 1 aromatic carbocycles. The van der Waals surface area contributed by atoms with Gasteiger partial charge in [-0.3, -0.25) is 9.10 Å². The van der Waals surface area contributed by atoms with Crippen molar-refractivity contribution in [2.45, 2.75) is 4.90 Å². The zero-order chi connectivity index (χ0) is 13.8. The van der Waals surface area contributed by atoms with Crippen LogP contribution in [-0.2, 0) is 10.0 Å². The molecule has 2 heterocycles. The summed E-state index contributed by atoms with van der Waals surface area (Å²) < 4.78 is 26.9. The Bertz CT molecular complexity index is 795. The fourth-order valence-electron chi connectivity index (χ4n) is 2.02. The molecule has 0 unspecified atom stereocenters. The Balaban J connectivity index is 2.44. The minimum Gasteiger partial charge on any atom is -0.288 e. The number of nitrogens with zero attached hydrogens (tertiary/aromatic N) is 1. The first-order valence-electron chi connectivity index (χ1n) is 5.33. The Morgan fingerprint density at radius 2 is 2.00 bits per heavy atom. The summed E-state index contributed by atoms with van der Waals surface area (Å²) in [5.41, 5.74) is 0.651. The lowest BCUT2D eigenvalue weighted by Crippen LogP contribution is -2.26. The van der Waals surface area contributed by atoms with E-state index in [-0.39, 0.29) is 16.2 Å².